The Morgan fingerprint density at radius 3 is 2.43 bits per heavy atom. The summed E-state index contributed by atoms with van der Waals surface area (Å²) in [6.45, 7) is 1.45. The Balaban J connectivity index is 3.11. The summed E-state index contributed by atoms with van der Waals surface area (Å²) in [5.41, 5.74) is -0.493. The number of carboxylic acid groups (broad SMARTS) is 2. The molecule has 0 aliphatic heterocycles. The van der Waals surface area contributed by atoms with E-state index >= 15 is 0 Å². The van der Waals surface area contributed by atoms with Gasteiger partial charge in [-0.15, -0.1) is 0 Å². The topological polar surface area (TPSA) is 147 Å². The van der Waals surface area contributed by atoms with Gasteiger partial charge >= 0.3 is 11.9 Å². The molecule has 3 N–H and O–H groups in total. The summed E-state index contributed by atoms with van der Waals surface area (Å²) in [5, 5.41) is 30.3. The molecule has 1 aromatic carbocycles. The minimum Gasteiger partial charge on any atom is -0.481 e. The van der Waals surface area contributed by atoms with Gasteiger partial charge in [0.05, 0.1) is 11.3 Å². The number of nitro groups is 1. The molecule has 0 saturated carbocycles. The third kappa shape index (κ3) is 4.00. The number of carboxylic acids is 2. The number of nitrogens with one attached hydrogen (secondary N) is 1. The van der Waals surface area contributed by atoms with Crippen molar-refractivity contribution in [2.75, 3.05) is 0 Å². The molecular formula is C12H12N2O7. The molecule has 0 fully saturated rings. The van der Waals surface area contributed by atoms with Crippen LogP contribution in [0.25, 0.3) is 0 Å². The molecular weight excluding hydrogens is 284 g/mol. The fraction of sp³-hybridized carbons (Fsp3) is 0.250. The Bertz CT molecular complexity index is 612. The number of amides is 1. The van der Waals surface area contributed by atoms with Gasteiger partial charge in [-0.05, 0) is 12.5 Å². The maximum atomic E-state index is 12.0. The number of carbonyl (C=O) groups excluding carboxylic acids is 1. The van der Waals surface area contributed by atoms with E-state index in [-0.39, 0.29) is 11.1 Å². The minimum absolute atomic E-state index is 0.279. The Kier molecular flexibility index (Phi) is 4.95. The van der Waals surface area contributed by atoms with Crippen LogP contribution in [0.3, 0.4) is 0 Å². The average Bonchev–Trinajstić information content (AvgIpc) is 2.36. The number of carbonyl (C=O) groups is 3. The number of hydrogen-bond donors (Lipinski definition) is 3. The highest BCUT2D eigenvalue weighted by Crippen LogP contribution is 2.21. The maximum Gasteiger partial charge on any atom is 0.326 e. The van der Waals surface area contributed by atoms with E-state index in [1.165, 1.54) is 19.1 Å². The second kappa shape index (κ2) is 6.46. The maximum absolute atomic E-state index is 12.0. The van der Waals surface area contributed by atoms with Gasteiger partial charge < -0.3 is 15.5 Å². The van der Waals surface area contributed by atoms with Gasteiger partial charge in [0, 0.05) is 6.07 Å². The van der Waals surface area contributed by atoms with E-state index in [9.17, 15) is 24.5 Å². The predicted octanol–water partition coefficient (Wildman–Crippen LogP) is 0.561. The molecule has 1 rings (SSSR count). The lowest BCUT2D eigenvalue weighted by atomic mass is 10.0. The molecule has 0 unspecified atom stereocenters. The first-order valence-corrected chi connectivity index (χ1v) is 5.73. The van der Waals surface area contributed by atoms with Gasteiger partial charge in [0.25, 0.3) is 11.6 Å². The SMILES string of the molecule is Cc1cccc([N+](=O)[O-])c1C(=O)N[C@H](CC(=O)O)C(=O)O. The van der Waals surface area contributed by atoms with Gasteiger partial charge in [-0.3, -0.25) is 19.7 Å². The number of nitrogens with zero attached hydrogens (tertiary/aromatic N) is 1. The van der Waals surface area contributed by atoms with E-state index in [0.717, 1.165) is 6.07 Å². The van der Waals surface area contributed by atoms with Gasteiger partial charge in [-0.1, -0.05) is 12.1 Å². The highest BCUT2D eigenvalue weighted by molar-refractivity contribution is 6.01. The van der Waals surface area contributed by atoms with Crippen molar-refractivity contribution in [2.24, 2.45) is 0 Å². The highest BCUT2D eigenvalue weighted by atomic mass is 16.6. The minimum atomic E-state index is -1.67. The Morgan fingerprint density at radius 1 is 1.33 bits per heavy atom. The van der Waals surface area contributed by atoms with Gasteiger partial charge in [-0.25, -0.2) is 4.79 Å². The molecule has 1 amide bonds. The number of rotatable bonds is 6. The van der Waals surface area contributed by atoms with Gasteiger partial charge in [-0.2, -0.15) is 0 Å². The van der Waals surface area contributed by atoms with Crippen molar-refractivity contribution in [3.8, 4) is 0 Å². The van der Waals surface area contributed by atoms with E-state index in [1.807, 2.05) is 5.32 Å². The van der Waals surface area contributed by atoms with Crippen LogP contribution in [-0.4, -0.2) is 39.0 Å². The van der Waals surface area contributed by atoms with Crippen molar-refractivity contribution in [1.82, 2.24) is 5.32 Å². The molecule has 0 aliphatic carbocycles. The lowest BCUT2D eigenvalue weighted by Crippen LogP contribution is -2.42. The molecule has 1 aromatic rings. The normalized spacial score (nSPS) is 11.5. The monoisotopic (exact) mass is 296 g/mol. The van der Waals surface area contributed by atoms with Crippen LogP contribution in [0.2, 0.25) is 0 Å². The summed E-state index contributed by atoms with van der Waals surface area (Å²) in [6, 6.07) is 2.27. The third-order valence-electron chi connectivity index (χ3n) is 2.66. The molecule has 21 heavy (non-hydrogen) atoms. The Labute approximate surface area is 118 Å². The third-order valence-corrected chi connectivity index (χ3v) is 2.66. The first-order chi connectivity index (χ1) is 9.73. The number of nitro benzene ring substituents is 1. The second-order valence-corrected chi connectivity index (χ2v) is 4.19. The Morgan fingerprint density at radius 2 is 1.95 bits per heavy atom. The lowest BCUT2D eigenvalue weighted by Gasteiger charge is -2.13. The summed E-state index contributed by atoms with van der Waals surface area (Å²) in [7, 11) is 0. The van der Waals surface area contributed by atoms with Gasteiger partial charge in [0.15, 0.2) is 0 Å². The quantitative estimate of drug-likeness (QED) is 0.513. The molecule has 9 heteroatoms. The smallest absolute Gasteiger partial charge is 0.326 e. The predicted molar refractivity (Wildman–Crippen MR) is 69.0 cm³/mol. The van der Waals surface area contributed by atoms with Crippen LogP contribution < -0.4 is 5.32 Å². The largest absolute Gasteiger partial charge is 0.481 e. The van der Waals surface area contributed by atoms with Crippen LogP contribution in [0.5, 0.6) is 0 Å². The van der Waals surface area contributed by atoms with Crippen molar-refractivity contribution in [3.05, 3.63) is 39.4 Å². The standard InChI is InChI=1S/C12H12N2O7/c1-6-3-2-4-8(14(20)21)10(6)11(17)13-7(12(18)19)5-9(15)16/h2-4,7H,5H2,1H3,(H,13,17)(H,15,16)(H,18,19)/t7-/m1/s1. The van der Waals surface area contributed by atoms with E-state index in [0.29, 0.717) is 0 Å². The zero-order chi connectivity index (χ0) is 16.2. The van der Waals surface area contributed by atoms with Crippen molar-refractivity contribution in [1.29, 1.82) is 0 Å². The summed E-state index contributed by atoms with van der Waals surface area (Å²) in [6.07, 6.45) is -0.833. The van der Waals surface area contributed by atoms with Crippen LogP contribution in [0.15, 0.2) is 18.2 Å². The molecule has 0 heterocycles. The van der Waals surface area contributed by atoms with E-state index in [4.69, 9.17) is 10.2 Å². The summed E-state index contributed by atoms with van der Waals surface area (Å²) < 4.78 is 0. The summed E-state index contributed by atoms with van der Waals surface area (Å²) in [5.74, 6) is -3.96. The van der Waals surface area contributed by atoms with Crippen LogP contribution >= 0.6 is 0 Å². The van der Waals surface area contributed by atoms with Crippen LogP contribution in [0.1, 0.15) is 22.3 Å². The van der Waals surface area contributed by atoms with Crippen molar-refractivity contribution < 1.29 is 29.5 Å². The van der Waals surface area contributed by atoms with Crippen LogP contribution in [0, 0.1) is 17.0 Å². The van der Waals surface area contributed by atoms with Crippen LogP contribution in [0.4, 0.5) is 5.69 Å². The molecule has 0 spiro atoms. The van der Waals surface area contributed by atoms with E-state index in [2.05, 4.69) is 0 Å². The zero-order valence-electron chi connectivity index (χ0n) is 10.9. The molecule has 0 aliphatic rings. The average molecular weight is 296 g/mol. The molecule has 1 atom stereocenters. The molecule has 0 radical (unpaired) electrons. The summed E-state index contributed by atoms with van der Waals surface area (Å²) >= 11 is 0. The highest BCUT2D eigenvalue weighted by Gasteiger charge is 2.28. The first kappa shape index (κ1) is 16.1. The molecule has 9 nitrogen and oxygen atoms in total. The molecule has 0 aromatic heterocycles. The van der Waals surface area contributed by atoms with Gasteiger partial charge in [0.1, 0.15) is 11.6 Å². The fourth-order valence-electron chi connectivity index (χ4n) is 1.70. The Hall–Kier alpha value is -2.97. The number of benzene rings is 1. The number of aryl methyl sites for hydroxylation is 1. The lowest BCUT2D eigenvalue weighted by molar-refractivity contribution is -0.385. The summed E-state index contributed by atoms with van der Waals surface area (Å²) in [4.78, 5) is 43.6. The van der Waals surface area contributed by atoms with E-state index < -0.39 is 40.9 Å². The second-order valence-electron chi connectivity index (χ2n) is 4.19. The van der Waals surface area contributed by atoms with Crippen molar-refractivity contribution >= 4 is 23.5 Å². The first-order valence-electron chi connectivity index (χ1n) is 5.73. The van der Waals surface area contributed by atoms with Gasteiger partial charge in [0.2, 0.25) is 0 Å². The zero-order valence-corrected chi connectivity index (χ0v) is 10.9. The molecule has 0 bridgehead atoms. The number of hydrogen-bond acceptors (Lipinski definition) is 5. The number of aliphatic carboxylic acids is 2. The molecule has 0 saturated heterocycles. The van der Waals surface area contributed by atoms with Crippen LogP contribution in [-0.2, 0) is 9.59 Å². The van der Waals surface area contributed by atoms with Crippen molar-refractivity contribution in [2.45, 2.75) is 19.4 Å². The van der Waals surface area contributed by atoms with Crippen molar-refractivity contribution in [3.63, 3.8) is 0 Å². The fourth-order valence-corrected chi connectivity index (χ4v) is 1.70. The molecule has 112 valence electrons. The van der Waals surface area contributed by atoms with E-state index in [1.54, 1.807) is 0 Å².